The number of H-pyrrole nitrogens is 1. The quantitative estimate of drug-likeness (QED) is 0.839. The van der Waals surface area contributed by atoms with Crippen molar-refractivity contribution in [2.24, 2.45) is 0 Å². The Labute approximate surface area is 116 Å². The molecule has 0 aromatic carbocycles. The number of aryl methyl sites for hydroxylation is 1. The molecule has 6 nitrogen and oxygen atoms in total. The minimum absolute atomic E-state index is 0.104. The van der Waals surface area contributed by atoms with Gasteiger partial charge in [-0.05, 0) is 26.2 Å². The van der Waals surface area contributed by atoms with Crippen LogP contribution in [-0.2, 0) is 9.05 Å². The molecule has 1 N–H and O–H groups in total. The number of rotatable bonds is 5. The molecule has 0 spiro atoms. The molecule has 1 aromatic rings. The van der Waals surface area contributed by atoms with E-state index in [1.807, 2.05) is 6.92 Å². The maximum absolute atomic E-state index is 12.4. The van der Waals surface area contributed by atoms with Gasteiger partial charge in [0.25, 0.3) is 15.0 Å². The molecule has 2 rings (SSSR count). The fraction of sp³-hybridized carbons (Fsp3) is 0.636. The van der Waals surface area contributed by atoms with Crippen LogP contribution in [0.1, 0.15) is 42.4 Å². The molecule has 1 aliphatic rings. The summed E-state index contributed by atoms with van der Waals surface area (Å²) in [6.45, 7) is 4.09. The number of aromatic amines is 1. The van der Waals surface area contributed by atoms with Crippen molar-refractivity contribution in [1.82, 2.24) is 15.1 Å². The molecule has 1 aliphatic carbocycles. The second-order valence-corrected chi connectivity index (χ2v) is 7.20. The van der Waals surface area contributed by atoms with Crippen LogP contribution >= 0.6 is 10.7 Å². The highest BCUT2D eigenvalue weighted by Crippen LogP contribution is 2.30. The second kappa shape index (κ2) is 5.13. The standard InChI is InChI=1S/C11H16ClN3O3S/c1-3-6-15(8-4-5-8)11(16)9-10(19(12,17)18)7(2)13-14-9/h8H,3-6H2,1-2H3,(H,13,14). The minimum atomic E-state index is -3.99. The van der Waals surface area contributed by atoms with Gasteiger partial charge in [-0.15, -0.1) is 0 Å². The molecule has 0 saturated heterocycles. The lowest BCUT2D eigenvalue weighted by Crippen LogP contribution is -2.34. The number of amides is 1. The van der Waals surface area contributed by atoms with Crippen LogP contribution in [0.5, 0.6) is 0 Å². The average molecular weight is 306 g/mol. The van der Waals surface area contributed by atoms with Crippen LogP contribution in [0, 0.1) is 6.92 Å². The lowest BCUT2D eigenvalue weighted by Gasteiger charge is -2.20. The number of hydrogen-bond donors (Lipinski definition) is 1. The molecule has 19 heavy (non-hydrogen) atoms. The Hall–Kier alpha value is -1.08. The van der Waals surface area contributed by atoms with Gasteiger partial charge in [0.2, 0.25) is 0 Å². The van der Waals surface area contributed by atoms with Crippen molar-refractivity contribution in [3.8, 4) is 0 Å². The predicted octanol–water partition coefficient (Wildman–Crippen LogP) is 1.66. The SMILES string of the molecule is CCCN(C(=O)c1n[nH]c(C)c1S(=O)(=O)Cl)C1CC1. The van der Waals surface area contributed by atoms with Gasteiger partial charge in [-0.1, -0.05) is 6.92 Å². The average Bonchev–Trinajstić information content (AvgIpc) is 3.06. The Morgan fingerprint density at radius 1 is 1.53 bits per heavy atom. The first-order valence-corrected chi connectivity index (χ1v) is 8.47. The van der Waals surface area contributed by atoms with E-state index in [2.05, 4.69) is 10.2 Å². The molecule has 0 bridgehead atoms. The Kier molecular flexibility index (Phi) is 3.87. The molecule has 0 aliphatic heterocycles. The molecule has 1 heterocycles. The number of nitrogens with zero attached hydrogens (tertiary/aromatic N) is 2. The molecule has 1 fully saturated rings. The molecule has 0 radical (unpaired) electrons. The number of hydrogen-bond acceptors (Lipinski definition) is 4. The van der Waals surface area contributed by atoms with Crippen molar-refractivity contribution < 1.29 is 13.2 Å². The summed E-state index contributed by atoms with van der Waals surface area (Å²) in [6.07, 6.45) is 2.73. The van der Waals surface area contributed by atoms with Gasteiger partial charge >= 0.3 is 0 Å². The second-order valence-electron chi connectivity index (χ2n) is 4.69. The van der Waals surface area contributed by atoms with E-state index in [4.69, 9.17) is 10.7 Å². The number of aromatic nitrogens is 2. The Bertz CT molecular complexity index is 592. The lowest BCUT2D eigenvalue weighted by molar-refractivity contribution is 0.0733. The molecule has 1 aromatic heterocycles. The summed E-state index contributed by atoms with van der Waals surface area (Å²) in [7, 11) is 1.38. The van der Waals surface area contributed by atoms with Gasteiger partial charge in [0.15, 0.2) is 5.69 Å². The Morgan fingerprint density at radius 2 is 2.16 bits per heavy atom. The molecular formula is C11H16ClN3O3S. The Balaban J connectivity index is 2.38. The number of carbonyl (C=O) groups excluding carboxylic acids is 1. The van der Waals surface area contributed by atoms with Crippen molar-refractivity contribution in [2.45, 2.75) is 44.0 Å². The van der Waals surface area contributed by atoms with Crippen LogP contribution in [0.15, 0.2) is 4.90 Å². The van der Waals surface area contributed by atoms with E-state index in [-0.39, 0.29) is 28.2 Å². The normalized spacial score (nSPS) is 15.5. The lowest BCUT2D eigenvalue weighted by atomic mass is 10.3. The largest absolute Gasteiger partial charge is 0.334 e. The van der Waals surface area contributed by atoms with E-state index in [9.17, 15) is 13.2 Å². The minimum Gasteiger partial charge on any atom is -0.334 e. The van der Waals surface area contributed by atoms with Crippen molar-refractivity contribution in [1.29, 1.82) is 0 Å². The van der Waals surface area contributed by atoms with E-state index in [1.54, 1.807) is 4.90 Å². The van der Waals surface area contributed by atoms with Gasteiger partial charge in [-0.25, -0.2) is 8.42 Å². The first-order valence-electron chi connectivity index (χ1n) is 6.16. The van der Waals surface area contributed by atoms with E-state index in [0.29, 0.717) is 6.54 Å². The van der Waals surface area contributed by atoms with Gasteiger partial charge in [-0.2, -0.15) is 5.10 Å². The zero-order chi connectivity index (χ0) is 14.2. The number of halogens is 1. The van der Waals surface area contributed by atoms with Crippen LogP contribution in [-0.4, -0.2) is 42.0 Å². The van der Waals surface area contributed by atoms with Crippen LogP contribution in [0.2, 0.25) is 0 Å². The van der Waals surface area contributed by atoms with Crippen molar-refractivity contribution in [3.63, 3.8) is 0 Å². The van der Waals surface area contributed by atoms with E-state index in [1.165, 1.54) is 6.92 Å². The monoisotopic (exact) mass is 305 g/mol. The first kappa shape index (κ1) is 14.3. The zero-order valence-electron chi connectivity index (χ0n) is 10.8. The van der Waals surface area contributed by atoms with Crippen LogP contribution in [0.25, 0.3) is 0 Å². The summed E-state index contributed by atoms with van der Waals surface area (Å²) in [4.78, 5) is 13.9. The van der Waals surface area contributed by atoms with Crippen LogP contribution < -0.4 is 0 Å². The third kappa shape index (κ3) is 2.92. The zero-order valence-corrected chi connectivity index (χ0v) is 12.4. The van der Waals surface area contributed by atoms with Gasteiger partial charge in [0.05, 0.1) is 5.69 Å². The number of carbonyl (C=O) groups is 1. The van der Waals surface area contributed by atoms with Crippen molar-refractivity contribution in [3.05, 3.63) is 11.4 Å². The van der Waals surface area contributed by atoms with Gasteiger partial charge in [0, 0.05) is 23.3 Å². The summed E-state index contributed by atoms with van der Waals surface area (Å²) in [5, 5.41) is 6.34. The molecule has 1 saturated carbocycles. The molecule has 1 amide bonds. The van der Waals surface area contributed by atoms with Crippen molar-refractivity contribution >= 4 is 25.6 Å². The number of nitrogens with one attached hydrogen (secondary N) is 1. The van der Waals surface area contributed by atoms with Crippen molar-refractivity contribution in [2.75, 3.05) is 6.54 Å². The smallest absolute Gasteiger partial charge is 0.276 e. The fourth-order valence-corrected chi connectivity index (χ4v) is 3.42. The molecule has 8 heteroatoms. The van der Waals surface area contributed by atoms with E-state index >= 15 is 0 Å². The maximum Gasteiger partial charge on any atom is 0.276 e. The van der Waals surface area contributed by atoms with Crippen LogP contribution in [0.4, 0.5) is 0 Å². The van der Waals surface area contributed by atoms with Gasteiger partial charge < -0.3 is 4.90 Å². The predicted molar refractivity (Wildman–Crippen MR) is 70.7 cm³/mol. The highest BCUT2D eigenvalue weighted by Gasteiger charge is 2.36. The van der Waals surface area contributed by atoms with Gasteiger partial charge in [0.1, 0.15) is 4.90 Å². The Morgan fingerprint density at radius 3 is 2.63 bits per heavy atom. The maximum atomic E-state index is 12.4. The fourth-order valence-electron chi connectivity index (χ4n) is 2.08. The topological polar surface area (TPSA) is 83.1 Å². The van der Waals surface area contributed by atoms with E-state index in [0.717, 1.165) is 19.3 Å². The third-order valence-electron chi connectivity index (χ3n) is 3.05. The highest BCUT2D eigenvalue weighted by atomic mass is 35.7. The summed E-state index contributed by atoms with van der Waals surface area (Å²) in [6, 6.07) is 0.204. The summed E-state index contributed by atoms with van der Waals surface area (Å²) in [5.41, 5.74) is 0.179. The first-order chi connectivity index (χ1) is 8.86. The van der Waals surface area contributed by atoms with E-state index < -0.39 is 9.05 Å². The molecule has 0 unspecified atom stereocenters. The summed E-state index contributed by atoms with van der Waals surface area (Å²) < 4.78 is 23.1. The molecule has 0 atom stereocenters. The van der Waals surface area contributed by atoms with Gasteiger partial charge in [-0.3, -0.25) is 9.89 Å². The highest BCUT2D eigenvalue weighted by molar-refractivity contribution is 8.13. The molecular weight excluding hydrogens is 290 g/mol. The third-order valence-corrected chi connectivity index (χ3v) is 4.50. The summed E-state index contributed by atoms with van der Waals surface area (Å²) >= 11 is 0. The van der Waals surface area contributed by atoms with Crippen LogP contribution in [0.3, 0.4) is 0 Å². The molecule has 106 valence electrons. The summed E-state index contributed by atoms with van der Waals surface area (Å²) in [5.74, 6) is -0.368.